The van der Waals surface area contributed by atoms with Crippen molar-refractivity contribution in [3.8, 4) is 0 Å². The van der Waals surface area contributed by atoms with E-state index in [4.69, 9.17) is 11.6 Å². The first-order chi connectivity index (χ1) is 9.39. The normalized spacial score (nSPS) is 17.0. The number of carbonyl (C=O) groups excluding carboxylic acids is 1. The van der Waals surface area contributed by atoms with Gasteiger partial charge >= 0.3 is 0 Å². The van der Waals surface area contributed by atoms with Crippen molar-refractivity contribution in [1.29, 1.82) is 0 Å². The molecule has 20 heavy (non-hydrogen) atoms. The number of hydrogen-bond donors (Lipinski definition) is 2. The summed E-state index contributed by atoms with van der Waals surface area (Å²) in [6.07, 6.45) is 3.51. The van der Waals surface area contributed by atoms with Gasteiger partial charge in [-0.25, -0.2) is 4.98 Å². The Bertz CT molecular complexity index is 499. The number of hydrogen-bond acceptors (Lipinski definition) is 4. The minimum Gasteiger partial charge on any atom is -0.388 e. The molecule has 1 aromatic heterocycles. The van der Waals surface area contributed by atoms with Gasteiger partial charge in [0.2, 0.25) is 0 Å². The van der Waals surface area contributed by atoms with Gasteiger partial charge in [0.1, 0.15) is 11.0 Å². The molecule has 0 radical (unpaired) electrons. The third-order valence-electron chi connectivity index (χ3n) is 3.61. The Morgan fingerprint density at radius 2 is 2.10 bits per heavy atom. The van der Waals surface area contributed by atoms with Gasteiger partial charge in [0.25, 0.3) is 5.91 Å². The molecule has 0 atom stereocenters. The van der Waals surface area contributed by atoms with Crippen LogP contribution in [0.25, 0.3) is 0 Å². The van der Waals surface area contributed by atoms with Crippen molar-refractivity contribution in [1.82, 2.24) is 10.3 Å². The van der Waals surface area contributed by atoms with Crippen molar-refractivity contribution in [2.45, 2.75) is 31.3 Å². The van der Waals surface area contributed by atoms with Crippen LogP contribution in [0.2, 0.25) is 5.15 Å². The van der Waals surface area contributed by atoms with Gasteiger partial charge in [-0.15, -0.1) is 0 Å². The third-order valence-corrected chi connectivity index (χ3v) is 3.81. The van der Waals surface area contributed by atoms with Gasteiger partial charge in [-0.05, 0) is 25.0 Å². The second-order valence-corrected chi connectivity index (χ2v) is 5.93. The first-order valence-electron chi connectivity index (χ1n) is 6.75. The van der Waals surface area contributed by atoms with Crippen LogP contribution in [0.5, 0.6) is 0 Å². The second kappa shape index (κ2) is 5.97. The first kappa shape index (κ1) is 15.1. The van der Waals surface area contributed by atoms with E-state index in [2.05, 4.69) is 10.3 Å². The minimum absolute atomic E-state index is 0.238. The number of nitrogens with one attached hydrogen (secondary N) is 1. The summed E-state index contributed by atoms with van der Waals surface area (Å²) < 4.78 is 0. The Labute approximate surface area is 123 Å². The average Bonchev–Trinajstić information content (AvgIpc) is 2.82. The topological polar surface area (TPSA) is 65.5 Å². The molecule has 0 bridgehead atoms. The van der Waals surface area contributed by atoms with Gasteiger partial charge in [-0.2, -0.15) is 0 Å². The number of pyridine rings is 1. The van der Waals surface area contributed by atoms with Crippen LogP contribution in [0.4, 0.5) is 5.82 Å². The highest BCUT2D eigenvalue weighted by Gasteiger charge is 2.31. The Morgan fingerprint density at radius 1 is 1.45 bits per heavy atom. The summed E-state index contributed by atoms with van der Waals surface area (Å²) >= 11 is 5.93. The maximum Gasteiger partial charge on any atom is 0.251 e. The van der Waals surface area contributed by atoms with Gasteiger partial charge in [-0.3, -0.25) is 4.79 Å². The molecule has 1 amide bonds. The van der Waals surface area contributed by atoms with E-state index in [0.29, 0.717) is 11.4 Å². The third kappa shape index (κ3) is 3.61. The summed E-state index contributed by atoms with van der Waals surface area (Å²) in [5.74, 6) is 0.389. The largest absolute Gasteiger partial charge is 0.388 e. The number of carbonyl (C=O) groups is 1. The van der Waals surface area contributed by atoms with E-state index in [1.807, 2.05) is 14.1 Å². The Balaban J connectivity index is 2.05. The molecule has 2 rings (SSSR count). The lowest BCUT2D eigenvalue weighted by molar-refractivity contribution is 0.0449. The molecule has 6 heteroatoms. The number of nitrogens with zero attached hydrogens (tertiary/aromatic N) is 2. The molecule has 0 spiro atoms. The van der Waals surface area contributed by atoms with Gasteiger partial charge in [0.15, 0.2) is 0 Å². The van der Waals surface area contributed by atoms with Crippen molar-refractivity contribution in [2.75, 3.05) is 25.5 Å². The van der Waals surface area contributed by atoms with Crippen molar-refractivity contribution < 1.29 is 9.90 Å². The molecule has 1 aliphatic rings. The molecule has 0 aromatic carbocycles. The van der Waals surface area contributed by atoms with Crippen molar-refractivity contribution in [3.05, 3.63) is 22.8 Å². The predicted molar refractivity (Wildman–Crippen MR) is 79.3 cm³/mol. The highest BCUT2D eigenvalue weighted by Crippen LogP contribution is 2.28. The smallest absolute Gasteiger partial charge is 0.251 e. The number of anilines is 1. The highest BCUT2D eigenvalue weighted by atomic mass is 35.5. The van der Waals surface area contributed by atoms with E-state index >= 15 is 0 Å². The lowest BCUT2D eigenvalue weighted by Crippen LogP contribution is -2.40. The van der Waals surface area contributed by atoms with Gasteiger partial charge < -0.3 is 15.3 Å². The monoisotopic (exact) mass is 297 g/mol. The molecule has 0 aliphatic heterocycles. The van der Waals surface area contributed by atoms with Crippen LogP contribution in [-0.2, 0) is 0 Å². The fourth-order valence-corrected chi connectivity index (χ4v) is 2.60. The van der Waals surface area contributed by atoms with Crippen LogP contribution in [-0.4, -0.2) is 42.2 Å². The van der Waals surface area contributed by atoms with Crippen molar-refractivity contribution in [3.63, 3.8) is 0 Å². The summed E-state index contributed by atoms with van der Waals surface area (Å²) in [5, 5.41) is 13.3. The molecule has 0 unspecified atom stereocenters. The molecule has 1 heterocycles. The molecule has 2 N–H and O–H groups in total. The van der Waals surface area contributed by atoms with Crippen molar-refractivity contribution in [2.24, 2.45) is 0 Å². The number of halogens is 1. The molecule has 1 aromatic rings. The van der Waals surface area contributed by atoms with Crippen LogP contribution in [0.3, 0.4) is 0 Å². The summed E-state index contributed by atoms with van der Waals surface area (Å²) in [5.41, 5.74) is -0.299. The summed E-state index contributed by atoms with van der Waals surface area (Å²) in [6, 6.07) is 3.21. The molecule has 110 valence electrons. The van der Waals surface area contributed by atoms with Crippen LogP contribution >= 0.6 is 11.6 Å². The average molecular weight is 298 g/mol. The quantitative estimate of drug-likeness (QED) is 0.832. The molecular weight excluding hydrogens is 278 g/mol. The van der Waals surface area contributed by atoms with Crippen LogP contribution in [0.1, 0.15) is 36.0 Å². The van der Waals surface area contributed by atoms with Crippen molar-refractivity contribution >= 4 is 23.3 Å². The standard InChI is InChI=1S/C14H20ClN3O2/c1-18(2)12-8-10(7-11(15)17-12)13(19)16-9-14(20)5-3-4-6-14/h7-8,20H,3-6,9H2,1-2H3,(H,16,19). The van der Waals surface area contributed by atoms with Gasteiger partial charge in [0, 0.05) is 26.2 Å². The van der Waals surface area contributed by atoms with Crippen LogP contribution < -0.4 is 10.2 Å². The number of amides is 1. The van der Waals surface area contributed by atoms with E-state index in [1.54, 1.807) is 11.0 Å². The predicted octanol–water partition coefficient (Wildman–Crippen LogP) is 1.84. The van der Waals surface area contributed by atoms with Gasteiger partial charge in [-0.1, -0.05) is 24.4 Å². The number of aliphatic hydroxyl groups is 1. The molecule has 5 nitrogen and oxygen atoms in total. The number of rotatable bonds is 4. The lowest BCUT2D eigenvalue weighted by Gasteiger charge is -2.22. The number of aromatic nitrogens is 1. The minimum atomic E-state index is -0.753. The van der Waals surface area contributed by atoms with E-state index in [9.17, 15) is 9.90 Å². The van der Waals surface area contributed by atoms with E-state index in [1.165, 1.54) is 6.07 Å². The fourth-order valence-electron chi connectivity index (χ4n) is 2.40. The van der Waals surface area contributed by atoms with Gasteiger partial charge in [0.05, 0.1) is 5.60 Å². The maximum atomic E-state index is 12.1. The maximum absolute atomic E-state index is 12.1. The molecular formula is C14H20ClN3O2. The van der Waals surface area contributed by atoms with Crippen LogP contribution in [0.15, 0.2) is 12.1 Å². The second-order valence-electron chi connectivity index (χ2n) is 5.55. The van der Waals surface area contributed by atoms with E-state index in [-0.39, 0.29) is 17.6 Å². The van der Waals surface area contributed by atoms with E-state index < -0.39 is 5.60 Å². The first-order valence-corrected chi connectivity index (χ1v) is 7.13. The summed E-state index contributed by atoms with van der Waals surface area (Å²) in [4.78, 5) is 18.1. The molecule has 1 aliphatic carbocycles. The Hall–Kier alpha value is -1.33. The fraction of sp³-hybridized carbons (Fsp3) is 0.571. The zero-order valence-corrected chi connectivity index (χ0v) is 12.6. The SMILES string of the molecule is CN(C)c1cc(C(=O)NCC2(O)CCCC2)cc(Cl)n1. The Kier molecular flexibility index (Phi) is 4.50. The van der Waals surface area contributed by atoms with E-state index in [0.717, 1.165) is 25.7 Å². The summed E-state index contributed by atoms with van der Waals surface area (Å²) in [6.45, 7) is 0.281. The van der Waals surface area contributed by atoms with Crippen LogP contribution in [0, 0.1) is 0 Å². The highest BCUT2D eigenvalue weighted by molar-refractivity contribution is 6.29. The lowest BCUT2D eigenvalue weighted by atomic mass is 10.0. The zero-order chi connectivity index (χ0) is 14.8. The molecule has 0 saturated heterocycles. The molecule has 1 fully saturated rings. The summed E-state index contributed by atoms with van der Waals surface area (Å²) in [7, 11) is 3.67. The molecule has 1 saturated carbocycles. The zero-order valence-electron chi connectivity index (χ0n) is 11.8. The Morgan fingerprint density at radius 3 is 2.70 bits per heavy atom.